The van der Waals surface area contributed by atoms with E-state index in [4.69, 9.17) is 44.7 Å². The SMILES string of the molecule is COc1ccc(Cl)c(/C(Cl)=N/O)c1Cl. The van der Waals surface area contributed by atoms with Crippen molar-refractivity contribution < 1.29 is 9.94 Å². The number of oxime groups is 1. The van der Waals surface area contributed by atoms with E-state index in [1.54, 1.807) is 12.1 Å². The third-order valence-electron chi connectivity index (χ3n) is 1.57. The molecule has 0 aliphatic heterocycles. The van der Waals surface area contributed by atoms with Gasteiger partial charge >= 0.3 is 0 Å². The zero-order valence-electron chi connectivity index (χ0n) is 7.09. The average molecular weight is 254 g/mol. The second-order valence-corrected chi connectivity index (χ2v) is 3.47. The Morgan fingerprint density at radius 2 is 2.07 bits per heavy atom. The third-order valence-corrected chi connectivity index (χ3v) is 2.52. The molecule has 0 saturated carbocycles. The highest BCUT2D eigenvalue weighted by molar-refractivity contribution is 6.71. The van der Waals surface area contributed by atoms with Crippen molar-refractivity contribution in [1.82, 2.24) is 0 Å². The first kappa shape index (κ1) is 11.4. The van der Waals surface area contributed by atoms with Gasteiger partial charge in [-0.25, -0.2) is 0 Å². The van der Waals surface area contributed by atoms with Gasteiger partial charge in [0.1, 0.15) is 5.75 Å². The van der Waals surface area contributed by atoms with Gasteiger partial charge in [0, 0.05) is 0 Å². The van der Waals surface area contributed by atoms with Crippen LogP contribution in [-0.2, 0) is 0 Å². The van der Waals surface area contributed by atoms with Crippen LogP contribution in [0.15, 0.2) is 17.3 Å². The number of benzene rings is 1. The highest BCUT2D eigenvalue weighted by atomic mass is 35.5. The Kier molecular flexibility index (Phi) is 3.86. The molecule has 0 spiro atoms. The van der Waals surface area contributed by atoms with Crippen molar-refractivity contribution in [2.75, 3.05) is 7.11 Å². The summed E-state index contributed by atoms with van der Waals surface area (Å²) in [6.45, 7) is 0. The Morgan fingerprint density at radius 1 is 1.43 bits per heavy atom. The summed E-state index contributed by atoms with van der Waals surface area (Å²) in [6, 6.07) is 3.14. The fourth-order valence-corrected chi connectivity index (χ4v) is 1.85. The van der Waals surface area contributed by atoms with E-state index in [2.05, 4.69) is 5.16 Å². The van der Waals surface area contributed by atoms with Gasteiger partial charge in [-0.15, -0.1) is 0 Å². The first-order valence-electron chi connectivity index (χ1n) is 3.51. The zero-order chi connectivity index (χ0) is 10.7. The Morgan fingerprint density at radius 3 is 2.57 bits per heavy atom. The second kappa shape index (κ2) is 4.73. The number of nitrogens with zero attached hydrogens (tertiary/aromatic N) is 1. The standard InChI is InChI=1S/C8H6Cl3NO2/c1-14-5-3-2-4(9)6(7(5)10)8(11)12-13/h2-3,13H,1H3/b12-8-. The van der Waals surface area contributed by atoms with Gasteiger partial charge < -0.3 is 9.94 Å². The summed E-state index contributed by atoms with van der Waals surface area (Å²) in [7, 11) is 1.46. The molecule has 1 aromatic rings. The van der Waals surface area contributed by atoms with Gasteiger partial charge in [-0.2, -0.15) is 0 Å². The van der Waals surface area contributed by atoms with E-state index in [1.807, 2.05) is 0 Å². The number of methoxy groups -OCH3 is 1. The molecule has 0 heterocycles. The van der Waals surface area contributed by atoms with Crippen LogP contribution in [0.25, 0.3) is 0 Å². The fraction of sp³-hybridized carbons (Fsp3) is 0.125. The summed E-state index contributed by atoms with van der Waals surface area (Å²) in [4.78, 5) is 0. The topological polar surface area (TPSA) is 41.8 Å². The monoisotopic (exact) mass is 253 g/mol. The molecule has 0 atom stereocenters. The van der Waals surface area contributed by atoms with Gasteiger partial charge in [-0.1, -0.05) is 40.0 Å². The van der Waals surface area contributed by atoms with Crippen LogP contribution in [0, 0.1) is 0 Å². The molecule has 1 rings (SSSR count). The van der Waals surface area contributed by atoms with Crippen molar-refractivity contribution >= 4 is 40.0 Å². The molecular formula is C8H6Cl3NO2. The van der Waals surface area contributed by atoms with Gasteiger partial charge in [-0.3, -0.25) is 0 Å². The third kappa shape index (κ3) is 2.05. The summed E-state index contributed by atoms with van der Waals surface area (Å²) in [5, 5.41) is 11.6. The molecule has 0 aliphatic carbocycles. The van der Waals surface area contributed by atoms with Crippen molar-refractivity contribution in [2.24, 2.45) is 5.16 Å². The molecule has 1 N–H and O–H groups in total. The molecule has 6 heteroatoms. The molecule has 0 aliphatic rings. The van der Waals surface area contributed by atoms with Crippen LogP contribution >= 0.6 is 34.8 Å². The van der Waals surface area contributed by atoms with E-state index < -0.39 is 0 Å². The molecule has 0 radical (unpaired) electrons. The van der Waals surface area contributed by atoms with Crippen LogP contribution in [0.3, 0.4) is 0 Å². The van der Waals surface area contributed by atoms with E-state index >= 15 is 0 Å². The Labute approximate surface area is 95.8 Å². The molecule has 76 valence electrons. The minimum atomic E-state index is -0.182. The molecule has 0 unspecified atom stereocenters. The van der Waals surface area contributed by atoms with Gasteiger partial charge in [0.25, 0.3) is 0 Å². The molecule has 14 heavy (non-hydrogen) atoms. The number of halogens is 3. The Bertz CT molecular complexity index is 379. The maximum Gasteiger partial charge on any atom is 0.178 e. The molecule has 3 nitrogen and oxygen atoms in total. The second-order valence-electron chi connectivity index (χ2n) is 2.33. The highest BCUT2D eigenvalue weighted by Gasteiger charge is 2.15. The lowest BCUT2D eigenvalue weighted by molar-refractivity contribution is 0.321. The molecule has 0 amide bonds. The minimum Gasteiger partial charge on any atom is -0.495 e. The first-order valence-corrected chi connectivity index (χ1v) is 4.65. The lowest BCUT2D eigenvalue weighted by Gasteiger charge is -2.08. The average Bonchev–Trinajstić information content (AvgIpc) is 2.18. The van der Waals surface area contributed by atoms with Crippen molar-refractivity contribution in [3.8, 4) is 5.75 Å². The van der Waals surface area contributed by atoms with Crippen molar-refractivity contribution in [2.45, 2.75) is 0 Å². The van der Waals surface area contributed by atoms with E-state index in [9.17, 15) is 0 Å². The molecular weight excluding hydrogens is 248 g/mol. The number of rotatable bonds is 2. The van der Waals surface area contributed by atoms with Crippen LogP contribution in [0.1, 0.15) is 5.56 Å². The van der Waals surface area contributed by atoms with Crippen LogP contribution in [0.2, 0.25) is 10.0 Å². The lowest BCUT2D eigenvalue weighted by atomic mass is 10.2. The van der Waals surface area contributed by atoms with Gasteiger partial charge in [-0.05, 0) is 12.1 Å². The quantitative estimate of drug-likeness (QED) is 0.499. The minimum absolute atomic E-state index is 0.182. The molecule has 0 saturated heterocycles. The van der Waals surface area contributed by atoms with Crippen LogP contribution in [0.5, 0.6) is 5.75 Å². The van der Waals surface area contributed by atoms with Crippen LogP contribution in [-0.4, -0.2) is 17.5 Å². The number of hydrogen-bond acceptors (Lipinski definition) is 3. The van der Waals surface area contributed by atoms with Crippen LogP contribution < -0.4 is 4.74 Å². The van der Waals surface area contributed by atoms with Gasteiger partial charge in [0.05, 0.1) is 22.7 Å². The summed E-state index contributed by atoms with van der Waals surface area (Å²) in [5.41, 5.74) is 0.247. The molecule has 0 aromatic heterocycles. The Balaban J connectivity index is 3.40. The van der Waals surface area contributed by atoms with Gasteiger partial charge in [0.2, 0.25) is 0 Å². The van der Waals surface area contributed by atoms with E-state index in [-0.39, 0.29) is 15.8 Å². The molecule has 1 aromatic carbocycles. The summed E-state index contributed by atoms with van der Waals surface area (Å²) < 4.78 is 4.95. The maximum absolute atomic E-state index is 8.50. The first-order chi connectivity index (χ1) is 6.61. The van der Waals surface area contributed by atoms with Crippen molar-refractivity contribution in [3.63, 3.8) is 0 Å². The summed E-state index contributed by atoms with van der Waals surface area (Å²) >= 11 is 17.3. The lowest BCUT2D eigenvalue weighted by Crippen LogP contribution is -1.96. The smallest absolute Gasteiger partial charge is 0.178 e. The highest BCUT2D eigenvalue weighted by Crippen LogP contribution is 2.34. The zero-order valence-corrected chi connectivity index (χ0v) is 9.36. The molecule has 0 bridgehead atoms. The maximum atomic E-state index is 8.50. The van der Waals surface area contributed by atoms with Gasteiger partial charge in [0.15, 0.2) is 5.17 Å². The van der Waals surface area contributed by atoms with E-state index in [0.717, 1.165) is 0 Å². The predicted octanol–water partition coefficient (Wildman–Crippen LogP) is 3.38. The largest absolute Gasteiger partial charge is 0.495 e. The van der Waals surface area contributed by atoms with E-state index in [0.29, 0.717) is 10.8 Å². The number of ether oxygens (including phenoxy) is 1. The Hall–Kier alpha value is -0.640. The summed E-state index contributed by atoms with van der Waals surface area (Å²) in [5.74, 6) is 0.410. The number of hydrogen-bond donors (Lipinski definition) is 1. The molecule has 0 fully saturated rings. The van der Waals surface area contributed by atoms with Crippen LogP contribution in [0.4, 0.5) is 0 Å². The normalized spacial score (nSPS) is 11.6. The van der Waals surface area contributed by atoms with E-state index in [1.165, 1.54) is 7.11 Å². The predicted molar refractivity (Wildman–Crippen MR) is 57.2 cm³/mol. The summed E-state index contributed by atoms with van der Waals surface area (Å²) in [6.07, 6.45) is 0. The van der Waals surface area contributed by atoms with Crippen molar-refractivity contribution in [3.05, 3.63) is 27.7 Å². The van der Waals surface area contributed by atoms with Crippen molar-refractivity contribution in [1.29, 1.82) is 0 Å². The fourth-order valence-electron chi connectivity index (χ4n) is 0.930.